The Morgan fingerprint density at radius 1 is 1.43 bits per heavy atom. The molecule has 82 valence electrons. The lowest BCUT2D eigenvalue weighted by molar-refractivity contribution is -0.126. The zero-order valence-corrected chi connectivity index (χ0v) is 10.2. The van der Waals surface area contributed by atoms with Crippen LogP contribution in [-0.4, -0.2) is 24.4 Å². The first-order valence-electron chi connectivity index (χ1n) is 5.21. The molecule has 0 aromatic carbocycles. The number of hydrogen-bond donors (Lipinski definition) is 0. The SMILES string of the molecule is C=C(C)C(=O)N(C)CCC(C)(C)CC. The summed E-state index contributed by atoms with van der Waals surface area (Å²) in [4.78, 5) is 13.2. The first-order valence-corrected chi connectivity index (χ1v) is 5.21. The van der Waals surface area contributed by atoms with Crippen molar-refractivity contribution in [2.75, 3.05) is 13.6 Å². The summed E-state index contributed by atoms with van der Waals surface area (Å²) in [6, 6.07) is 0. The topological polar surface area (TPSA) is 20.3 Å². The van der Waals surface area contributed by atoms with E-state index < -0.39 is 0 Å². The summed E-state index contributed by atoms with van der Waals surface area (Å²) in [5.41, 5.74) is 0.936. The van der Waals surface area contributed by atoms with Crippen LogP contribution in [0.5, 0.6) is 0 Å². The Bertz CT molecular complexity index is 218. The van der Waals surface area contributed by atoms with Gasteiger partial charge in [0.2, 0.25) is 5.91 Å². The average molecular weight is 197 g/mol. The van der Waals surface area contributed by atoms with Crippen LogP contribution < -0.4 is 0 Å². The van der Waals surface area contributed by atoms with E-state index in [2.05, 4.69) is 27.4 Å². The van der Waals surface area contributed by atoms with Crippen LogP contribution in [0.25, 0.3) is 0 Å². The number of rotatable bonds is 5. The molecule has 0 N–H and O–H groups in total. The molecule has 0 spiro atoms. The summed E-state index contributed by atoms with van der Waals surface area (Å²) in [7, 11) is 1.84. The van der Waals surface area contributed by atoms with Gasteiger partial charge in [0.1, 0.15) is 0 Å². The molecule has 0 saturated heterocycles. The van der Waals surface area contributed by atoms with Crippen LogP contribution in [0.1, 0.15) is 40.5 Å². The van der Waals surface area contributed by atoms with Gasteiger partial charge in [-0.1, -0.05) is 33.8 Å². The molecule has 0 fully saturated rings. The molecule has 0 unspecified atom stereocenters. The van der Waals surface area contributed by atoms with Gasteiger partial charge in [0.05, 0.1) is 0 Å². The minimum Gasteiger partial charge on any atom is -0.342 e. The number of likely N-dealkylation sites (N-methyl/N-ethyl adjacent to an activating group) is 1. The number of carbonyl (C=O) groups excluding carboxylic acids is 1. The Labute approximate surface area is 88.0 Å². The van der Waals surface area contributed by atoms with Crippen LogP contribution in [0.3, 0.4) is 0 Å². The van der Waals surface area contributed by atoms with E-state index in [0.29, 0.717) is 11.0 Å². The summed E-state index contributed by atoms with van der Waals surface area (Å²) in [5.74, 6) is 0.0527. The van der Waals surface area contributed by atoms with E-state index in [0.717, 1.165) is 19.4 Å². The molecule has 14 heavy (non-hydrogen) atoms. The van der Waals surface area contributed by atoms with Crippen LogP contribution in [0.15, 0.2) is 12.2 Å². The maximum Gasteiger partial charge on any atom is 0.248 e. The molecule has 0 bridgehead atoms. The minimum absolute atomic E-state index is 0.0527. The van der Waals surface area contributed by atoms with Crippen molar-refractivity contribution in [1.29, 1.82) is 0 Å². The zero-order valence-electron chi connectivity index (χ0n) is 10.2. The fourth-order valence-corrected chi connectivity index (χ4v) is 1.07. The van der Waals surface area contributed by atoms with Crippen LogP contribution in [0, 0.1) is 5.41 Å². The second-order valence-corrected chi connectivity index (χ2v) is 4.77. The van der Waals surface area contributed by atoms with E-state index in [1.165, 1.54) is 0 Å². The van der Waals surface area contributed by atoms with Crippen molar-refractivity contribution in [3.8, 4) is 0 Å². The Morgan fingerprint density at radius 2 is 1.93 bits per heavy atom. The Kier molecular flexibility index (Phi) is 4.89. The van der Waals surface area contributed by atoms with Gasteiger partial charge in [-0.05, 0) is 18.8 Å². The normalized spacial score (nSPS) is 11.2. The summed E-state index contributed by atoms with van der Waals surface area (Å²) >= 11 is 0. The molecule has 0 rings (SSSR count). The Morgan fingerprint density at radius 3 is 2.29 bits per heavy atom. The van der Waals surface area contributed by atoms with Crippen LogP contribution in [0.4, 0.5) is 0 Å². The third-order valence-corrected chi connectivity index (χ3v) is 2.79. The van der Waals surface area contributed by atoms with E-state index in [1.807, 2.05) is 7.05 Å². The highest BCUT2D eigenvalue weighted by Gasteiger charge is 2.17. The second-order valence-electron chi connectivity index (χ2n) is 4.77. The van der Waals surface area contributed by atoms with E-state index >= 15 is 0 Å². The van der Waals surface area contributed by atoms with Gasteiger partial charge in [0, 0.05) is 19.2 Å². The van der Waals surface area contributed by atoms with Crippen molar-refractivity contribution in [1.82, 2.24) is 4.90 Å². The van der Waals surface area contributed by atoms with Crippen molar-refractivity contribution < 1.29 is 4.79 Å². The molecule has 0 aromatic rings. The lowest BCUT2D eigenvalue weighted by Crippen LogP contribution is -2.30. The van der Waals surface area contributed by atoms with E-state index in [9.17, 15) is 4.79 Å². The fourth-order valence-electron chi connectivity index (χ4n) is 1.07. The lowest BCUT2D eigenvalue weighted by Gasteiger charge is -2.26. The molecule has 0 heterocycles. The molecule has 0 radical (unpaired) electrons. The van der Waals surface area contributed by atoms with Crippen molar-refractivity contribution in [3.05, 3.63) is 12.2 Å². The van der Waals surface area contributed by atoms with Gasteiger partial charge in [0.25, 0.3) is 0 Å². The predicted molar refractivity (Wildman–Crippen MR) is 61.1 cm³/mol. The third kappa shape index (κ3) is 4.45. The molecule has 2 heteroatoms. The van der Waals surface area contributed by atoms with Crippen molar-refractivity contribution in [3.63, 3.8) is 0 Å². The van der Waals surface area contributed by atoms with Crippen LogP contribution in [-0.2, 0) is 4.79 Å². The van der Waals surface area contributed by atoms with Gasteiger partial charge in [-0.2, -0.15) is 0 Å². The lowest BCUT2D eigenvalue weighted by atomic mass is 9.86. The van der Waals surface area contributed by atoms with E-state index in [-0.39, 0.29) is 5.91 Å². The Balaban J connectivity index is 4.03. The predicted octanol–water partition coefficient (Wildman–Crippen LogP) is 2.85. The van der Waals surface area contributed by atoms with E-state index in [4.69, 9.17) is 0 Å². The molecule has 0 aromatic heterocycles. The van der Waals surface area contributed by atoms with Crippen molar-refractivity contribution in [2.24, 2.45) is 5.41 Å². The number of carbonyl (C=O) groups is 1. The Hall–Kier alpha value is -0.790. The molecular weight excluding hydrogens is 174 g/mol. The maximum absolute atomic E-state index is 11.5. The number of hydrogen-bond acceptors (Lipinski definition) is 1. The first kappa shape index (κ1) is 13.2. The molecule has 0 aliphatic carbocycles. The van der Waals surface area contributed by atoms with Gasteiger partial charge in [-0.15, -0.1) is 0 Å². The van der Waals surface area contributed by atoms with Gasteiger partial charge in [0.15, 0.2) is 0 Å². The molecule has 0 atom stereocenters. The summed E-state index contributed by atoms with van der Waals surface area (Å²) in [5, 5.41) is 0. The molecule has 0 aliphatic rings. The average Bonchev–Trinajstić information content (AvgIpc) is 2.13. The van der Waals surface area contributed by atoms with Crippen molar-refractivity contribution in [2.45, 2.75) is 40.5 Å². The van der Waals surface area contributed by atoms with Gasteiger partial charge >= 0.3 is 0 Å². The first-order chi connectivity index (χ1) is 6.30. The van der Waals surface area contributed by atoms with Crippen molar-refractivity contribution >= 4 is 5.91 Å². The van der Waals surface area contributed by atoms with Crippen LogP contribution in [0.2, 0.25) is 0 Å². The second kappa shape index (κ2) is 5.18. The summed E-state index contributed by atoms with van der Waals surface area (Å²) in [6.45, 7) is 12.9. The quantitative estimate of drug-likeness (QED) is 0.621. The smallest absolute Gasteiger partial charge is 0.248 e. The zero-order chi connectivity index (χ0) is 11.4. The number of nitrogens with zero attached hydrogens (tertiary/aromatic N) is 1. The maximum atomic E-state index is 11.5. The van der Waals surface area contributed by atoms with Gasteiger partial charge in [-0.25, -0.2) is 0 Å². The molecular formula is C12H23NO. The molecule has 2 nitrogen and oxygen atoms in total. The summed E-state index contributed by atoms with van der Waals surface area (Å²) in [6.07, 6.45) is 2.18. The monoisotopic (exact) mass is 197 g/mol. The minimum atomic E-state index is 0.0527. The van der Waals surface area contributed by atoms with Crippen LogP contribution >= 0.6 is 0 Å². The fraction of sp³-hybridized carbons (Fsp3) is 0.750. The summed E-state index contributed by atoms with van der Waals surface area (Å²) < 4.78 is 0. The molecule has 1 amide bonds. The van der Waals surface area contributed by atoms with Gasteiger partial charge in [-0.3, -0.25) is 4.79 Å². The highest BCUT2D eigenvalue weighted by atomic mass is 16.2. The highest BCUT2D eigenvalue weighted by Crippen LogP contribution is 2.24. The highest BCUT2D eigenvalue weighted by molar-refractivity contribution is 5.91. The largest absolute Gasteiger partial charge is 0.342 e. The molecule has 0 saturated carbocycles. The molecule has 0 aliphatic heterocycles. The third-order valence-electron chi connectivity index (χ3n) is 2.79. The van der Waals surface area contributed by atoms with Gasteiger partial charge < -0.3 is 4.90 Å². The van der Waals surface area contributed by atoms with E-state index in [1.54, 1.807) is 11.8 Å². The number of amides is 1. The standard InChI is InChI=1S/C12H23NO/c1-7-12(4,5)8-9-13(6)11(14)10(2)3/h2,7-9H2,1,3-6H3.